The van der Waals surface area contributed by atoms with Crippen molar-refractivity contribution in [2.45, 2.75) is 57.4 Å². The second-order valence-electron chi connectivity index (χ2n) is 11.4. The van der Waals surface area contributed by atoms with Gasteiger partial charge in [-0.3, -0.25) is 4.79 Å². The Morgan fingerprint density at radius 1 is 0.744 bits per heavy atom. The highest BCUT2D eigenvalue weighted by molar-refractivity contribution is 6.03. The van der Waals surface area contributed by atoms with Gasteiger partial charge in [0.1, 0.15) is 11.5 Å². The summed E-state index contributed by atoms with van der Waals surface area (Å²) in [7, 11) is 0. The Bertz CT molecular complexity index is 1800. The molecule has 0 radical (unpaired) electrons. The van der Waals surface area contributed by atoms with Gasteiger partial charge in [-0.1, -0.05) is 80.8 Å². The average molecular weight is 575 g/mol. The van der Waals surface area contributed by atoms with Crippen LogP contribution in [-0.4, -0.2) is 39.5 Å². The van der Waals surface area contributed by atoms with E-state index in [0.29, 0.717) is 13.0 Å². The zero-order valence-corrected chi connectivity index (χ0v) is 24.7. The normalized spacial score (nSPS) is 12.6. The summed E-state index contributed by atoms with van der Waals surface area (Å²) in [5.41, 5.74) is 4.37. The molecular formula is C36H38N4O3. The van der Waals surface area contributed by atoms with E-state index in [-0.39, 0.29) is 5.91 Å². The third kappa shape index (κ3) is 5.43. The van der Waals surface area contributed by atoms with E-state index in [4.69, 9.17) is 4.74 Å². The summed E-state index contributed by atoms with van der Waals surface area (Å²) in [4.78, 5) is 38.3. The lowest BCUT2D eigenvalue weighted by molar-refractivity contribution is -0.148. The Hall–Kier alpha value is -4.78. The maximum atomic E-state index is 14.7. The van der Waals surface area contributed by atoms with Crippen LogP contribution in [0.3, 0.4) is 0 Å². The monoisotopic (exact) mass is 574 g/mol. The molecule has 0 saturated carbocycles. The van der Waals surface area contributed by atoms with Gasteiger partial charge in [-0.05, 0) is 48.2 Å². The summed E-state index contributed by atoms with van der Waals surface area (Å²) in [6.45, 7) is 4.42. The van der Waals surface area contributed by atoms with Crippen molar-refractivity contribution in [3.05, 3.63) is 108 Å². The largest absolute Gasteiger partial charge is 0.464 e. The van der Waals surface area contributed by atoms with E-state index >= 15 is 0 Å². The van der Waals surface area contributed by atoms with E-state index in [9.17, 15) is 9.59 Å². The average Bonchev–Trinajstić information content (AvgIpc) is 3.77. The maximum absolute atomic E-state index is 14.7. The molecule has 220 valence electrons. The molecule has 1 amide bonds. The van der Waals surface area contributed by atoms with Crippen LogP contribution in [0.2, 0.25) is 0 Å². The van der Waals surface area contributed by atoms with Crippen LogP contribution in [0, 0.1) is 0 Å². The molecule has 0 bridgehead atoms. The van der Waals surface area contributed by atoms with Crippen molar-refractivity contribution in [1.82, 2.24) is 20.3 Å². The van der Waals surface area contributed by atoms with Gasteiger partial charge in [0.15, 0.2) is 0 Å². The fourth-order valence-corrected chi connectivity index (χ4v) is 6.18. The van der Waals surface area contributed by atoms with Crippen LogP contribution in [-0.2, 0) is 26.2 Å². The lowest BCUT2D eigenvalue weighted by Gasteiger charge is -2.30. The molecule has 3 heterocycles. The first-order chi connectivity index (χ1) is 21.0. The number of benzene rings is 3. The number of carbonyl (C=O) groups is 2. The lowest BCUT2D eigenvalue weighted by atomic mass is 9.75. The number of hydrogen-bond donors (Lipinski definition) is 4. The van der Waals surface area contributed by atoms with Crippen LogP contribution in [0.4, 0.5) is 0 Å². The molecule has 0 spiro atoms. The van der Waals surface area contributed by atoms with Crippen molar-refractivity contribution in [2.75, 3.05) is 6.61 Å². The Morgan fingerprint density at radius 3 is 1.88 bits per heavy atom. The van der Waals surface area contributed by atoms with Crippen molar-refractivity contribution in [2.24, 2.45) is 0 Å². The van der Waals surface area contributed by atoms with Crippen LogP contribution in [0.5, 0.6) is 0 Å². The van der Waals surface area contributed by atoms with Gasteiger partial charge in [-0.15, -0.1) is 0 Å². The first kappa shape index (κ1) is 28.3. The number of rotatable bonds is 12. The maximum Gasteiger partial charge on any atom is 0.328 e. The highest BCUT2D eigenvalue weighted by atomic mass is 16.5. The topological polar surface area (TPSA) is 103 Å². The number of aromatic nitrogens is 3. The SMILES string of the molecule is CCCCCCOC(=O)[C@H](Cc1c[nH]c2ccccc12)NC(=O)C(C)(c1c[nH]c2ccccc12)c1c[nH]c2ccccc12. The van der Waals surface area contributed by atoms with Crippen molar-refractivity contribution in [1.29, 1.82) is 0 Å². The smallest absolute Gasteiger partial charge is 0.328 e. The van der Waals surface area contributed by atoms with Gasteiger partial charge in [0, 0.05) is 57.7 Å². The molecule has 3 aromatic heterocycles. The number of amides is 1. The first-order valence-corrected chi connectivity index (χ1v) is 15.2. The van der Waals surface area contributed by atoms with Crippen molar-refractivity contribution >= 4 is 44.6 Å². The number of fused-ring (bicyclic) bond motifs is 3. The summed E-state index contributed by atoms with van der Waals surface area (Å²) in [6, 6.07) is 23.1. The molecule has 0 aliphatic rings. The zero-order chi connectivity index (χ0) is 29.8. The molecule has 7 nitrogen and oxygen atoms in total. The van der Waals surface area contributed by atoms with Gasteiger partial charge in [-0.25, -0.2) is 4.79 Å². The summed E-state index contributed by atoms with van der Waals surface area (Å²) >= 11 is 0. The highest BCUT2D eigenvalue weighted by Gasteiger charge is 2.42. The number of nitrogens with one attached hydrogen (secondary N) is 4. The standard InChI is InChI=1S/C36H38N4O3/c1-3-4-5-12-19-43-34(41)33(20-24-21-37-30-16-9-6-13-25(24)30)40-35(42)36(2,28-22-38-31-17-10-7-14-26(28)31)29-23-39-32-18-11-8-15-27(29)32/h6-11,13-18,21-23,33,37-39H,3-5,12,19-20H2,1-2H3,(H,40,42)/t33-/m0/s1. The third-order valence-electron chi connectivity index (χ3n) is 8.64. The minimum absolute atomic E-state index is 0.269. The van der Waals surface area contributed by atoms with E-state index in [1.54, 1.807) is 0 Å². The molecule has 43 heavy (non-hydrogen) atoms. The Labute approximate surface area is 251 Å². The van der Waals surface area contributed by atoms with Crippen LogP contribution >= 0.6 is 0 Å². The number of ether oxygens (including phenoxy) is 1. The van der Waals surface area contributed by atoms with Gasteiger partial charge in [0.05, 0.1) is 6.61 Å². The summed E-state index contributed by atoms with van der Waals surface area (Å²) in [5.74, 6) is -0.690. The van der Waals surface area contributed by atoms with Crippen molar-refractivity contribution in [3.8, 4) is 0 Å². The molecule has 6 aromatic rings. The Kier molecular flexibility index (Phi) is 8.05. The molecule has 4 N–H and O–H groups in total. The molecule has 6 rings (SSSR count). The second kappa shape index (κ2) is 12.2. The van der Waals surface area contributed by atoms with Crippen LogP contribution in [0.25, 0.3) is 32.7 Å². The minimum Gasteiger partial charge on any atom is -0.464 e. The van der Waals surface area contributed by atoms with Crippen molar-refractivity contribution in [3.63, 3.8) is 0 Å². The van der Waals surface area contributed by atoms with Gasteiger partial charge in [0.25, 0.3) is 0 Å². The zero-order valence-electron chi connectivity index (χ0n) is 24.7. The molecule has 3 aromatic carbocycles. The first-order valence-electron chi connectivity index (χ1n) is 15.2. The molecule has 0 aliphatic carbocycles. The lowest BCUT2D eigenvalue weighted by Crippen LogP contribution is -2.51. The summed E-state index contributed by atoms with van der Waals surface area (Å²) < 4.78 is 5.77. The summed E-state index contributed by atoms with van der Waals surface area (Å²) in [6.07, 6.45) is 10.0. The number of hydrogen-bond acceptors (Lipinski definition) is 3. The van der Waals surface area contributed by atoms with Crippen LogP contribution in [0.1, 0.15) is 56.2 Å². The molecule has 0 unspecified atom stereocenters. The minimum atomic E-state index is -1.13. The van der Waals surface area contributed by atoms with E-state index in [1.165, 1.54) is 0 Å². The van der Waals surface area contributed by atoms with Gasteiger partial charge >= 0.3 is 5.97 Å². The summed E-state index contributed by atoms with van der Waals surface area (Å²) in [5, 5.41) is 6.10. The fraction of sp³-hybridized carbons (Fsp3) is 0.278. The molecular weight excluding hydrogens is 536 g/mol. The number of H-pyrrole nitrogens is 3. The highest BCUT2D eigenvalue weighted by Crippen LogP contribution is 2.40. The quantitative estimate of drug-likeness (QED) is 0.0912. The Balaban J connectivity index is 1.38. The predicted octanol–water partition coefficient (Wildman–Crippen LogP) is 7.29. The molecule has 0 aliphatic heterocycles. The van der Waals surface area contributed by atoms with Crippen molar-refractivity contribution < 1.29 is 14.3 Å². The van der Waals surface area contributed by atoms with Crippen LogP contribution < -0.4 is 5.32 Å². The van der Waals surface area contributed by atoms with E-state index in [2.05, 4.69) is 27.2 Å². The predicted molar refractivity (Wildman–Crippen MR) is 172 cm³/mol. The molecule has 0 fully saturated rings. The van der Waals surface area contributed by atoms with E-state index < -0.39 is 17.4 Å². The molecule has 7 heteroatoms. The Morgan fingerprint density at radius 2 is 1.28 bits per heavy atom. The van der Waals surface area contributed by atoms with Gasteiger partial charge in [0.2, 0.25) is 5.91 Å². The number of unbranched alkanes of at least 4 members (excludes halogenated alkanes) is 3. The fourth-order valence-electron chi connectivity index (χ4n) is 6.18. The number of aromatic amines is 3. The number of esters is 1. The third-order valence-corrected chi connectivity index (χ3v) is 8.64. The van der Waals surface area contributed by atoms with E-state index in [1.807, 2.05) is 98.3 Å². The van der Waals surface area contributed by atoms with Gasteiger partial charge < -0.3 is 25.0 Å². The molecule has 0 saturated heterocycles. The van der Waals surface area contributed by atoms with Crippen LogP contribution in [0.15, 0.2) is 91.4 Å². The molecule has 1 atom stereocenters. The second-order valence-corrected chi connectivity index (χ2v) is 11.4. The number of para-hydroxylation sites is 3. The van der Waals surface area contributed by atoms with Gasteiger partial charge in [-0.2, -0.15) is 0 Å². The van der Waals surface area contributed by atoms with E-state index in [0.717, 1.165) is 75.1 Å². The number of carbonyl (C=O) groups excluding carboxylic acids is 2.